The van der Waals surface area contributed by atoms with Crippen LogP contribution >= 0.6 is 12.4 Å². The Hall–Kier alpha value is -1.83. The van der Waals surface area contributed by atoms with Crippen LogP contribution in [0.3, 0.4) is 0 Å². The van der Waals surface area contributed by atoms with E-state index in [9.17, 15) is 9.59 Å². The first-order valence-electron chi connectivity index (χ1n) is 8.51. The van der Waals surface area contributed by atoms with E-state index in [-0.39, 0.29) is 36.9 Å². The first-order chi connectivity index (χ1) is 11.9. The van der Waals surface area contributed by atoms with Gasteiger partial charge in [0.25, 0.3) is 0 Å². The number of piperidine rings is 1. The minimum Gasteiger partial charge on any atom is -0.497 e. The number of carboxylic acid groups (broad SMARTS) is 1. The van der Waals surface area contributed by atoms with Crippen LogP contribution in [0, 0.1) is 0 Å². The van der Waals surface area contributed by atoms with E-state index < -0.39 is 5.97 Å². The number of nitrogens with one attached hydrogen (secondary N) is 1. The highest BCUT2D eigenvalue weighted by atomic mass is 35.5. The largest absolute Gasteiger partial charge is 0.497 e. The van der Waals surface area contributed by atoms with Gasteiger partial charge >= 0.3 is 5.97 Å². The number of amides is 1. The summed E-state index contributed by atoms with van der Waals surface area (Å²) in [6.07, 6.45) is 1.73. The van der Waals surface area contributed by atoms with Crippen LogP contribution in [0.2, 0.25) is 0 Å². The standard InChI is InChI=1S/C18H27N3O4.ClH/c1-13(18(24)19-14-4-6-16(25-3)7-5-14)21-10-8-15(9-11-21)20(2)12-17(22)23;/h4-7,13,15H,8-12H2,1-3H3,(H,19,24)(H,22,23);1H. The van der Waals surface area contributed by atoms with Crippen LogP contribution in [0.1, 0.15) is 19.8 Å². The van der Waals surface area contributed by atoms with Gasteiger partial charge in [0.1, 0.15) is 5.75 Å². The lowest BCUT2D eigenvalue weighted by atomic mass is 10.0. The van der Waals surface area contributed by atoms with Crippen LogP contribution in [-0.2, 0) is 9.59 Å². The average molecular weight is 386 g/mol. The minimum atomic E-state index is -0.808. The molecule has 0 aliphatic carbocycles. The van der Waals surface area contributed by atoms with E-state index in [1.54, 1.807) is 7.11 Å². The van der Waals surface area contributed by atoms with E-state index in [0.717, 1.165) is 37.4 Å². The number of hydrogen-bond donors (Lipinski definition) is 2. The van der Waals surface area contributed by atoms with Crippen molar-refractivity contribution in [3.05, 3.63) is 24.3 Å². The summed E-state index contributed by atoms with van der Waals surface area (Å²) in [5.41, 5.74) is 0.744. The molecule has 1 aromatic carbocycles. The normalized spacial score (nSPS) is 16.6. The van der Waals surface area contributed by atoms with Crippen LogP contribution in [0.4, 0.5) is 5.69 Å². The lowest BCUT2D eigenvalue weighted by Crippen LogP contribution is -2.50. The Morgan fingerprint density at radius 1 is 1.31 bits per heavy atom. The molecule has 146 valence electrons. The van der Waals surface area contributed by atoms with Gasteiger partial charge in [0.15, 0.2) is 0 Å². The highest BCUT2D eigenvalue weighted by Gasteiger charge is 2.28. The number of nitrogens with zero attached hydrogens (tertiary/aromatic N) is 2. The summed E-state index contributed by atoms with van der Waals surface area (Å²) >= 11 is 0. The summed E-state index contributed by atoms with van der Waals surface area (Å²) in [4.78, 5) is 27.3. The number of carboxylic acids is 1. The monoisotopic (exact) mass is 385 g/mol. The predicted octanol–water partition coefficient (Wildman–Crippen LogP) is 1.92. The molecule has 2 N–H and O–H groups in total. The van der Waals surface area contributed by atoms with Crippen molar-refractivity contribution in [2.24, 2.45) is 0 Å². The van der Waals surface area contributed by atoms with Gasteiger partial charge in [-0.05, 0) is 51.1 Å². The molecular formula is C18H28ClN3O4. The van der Waals surface area contributed by atoms with Crippen molar-refractivity contribution in [3.63, 3.8) is 0 Å². The number of hydrogen-bond acceptors (Lipinski definition) is 5. The summed E-state index contributed by atoms with van der Waals surface area (Å²) in [5.74, 6) is -0.0988. The molecule has 0 saturated carbocycles. The molecule has 1 fully saturated rings. The number of carbonyl (C=O) groups excluding carboxylic acids is 1. The Balaban J connectivity index is 0.00000338. The quantitative estimate of drug-likeness (QED) is 0.746. The summed E-state index contributed by atoms with van der Waals surface area (Å²) in [5, 5.41) is 11.8. The maximum Gasteiger partial charge on any atom is 0.317 e. The average Bonchev–Trinajstić information content (AvgIpc) is 2.61. The van der Waals surface area contributed by atoms with E-state index in [0.29, 0.717) is 0 Å². The van der Waals surface area contributed by atoms with Gasteiger partial charge in [0.05, 0.1) is 19.7 Å². The zero-order chi connectivity index (χ0) is 18.4. The fraction of sp³-hybridized carbons (Fsp3) is 0.556. The molecule has 1 unspecified atom stereocenters. The van der Waals surface area contributed by atoms with Crippen molar-refractivity contribution in [2.75, 3.05) is 39.1 Å². The number of halogens is 1. The van der Waals surface area contributed by atoms with Gasteiger partial charge in [-0.3, -0.25) is 19.4 Å². The lowest BCUT2D eigenvalue weighted by Gasteiger charge is -2.38. The van der Waals surface area contributed by atoms with Gasteiger partial charge in [-0.1, -0.05) is 0 Å². The number of anilines is 1. The number of aliphatic carboxylic acids is 1. The third kappa shape index (κ3) is 6.16. The highest BCUT2D eigenvalue weighted by Crippen LogP contribution is 2.19. The SMILES string of the molecule is COc1ccc(NC(=O)C(C)N2CCC(N(C)CC(=O)O)CC2)cc1.Cl. The van der Waals surface area contributed by atoms with E-state index in [1.807, 2.05) is 43.1 Å². The van der Waals surface area contributed by atoms with Crippen molar-refractivity contribution in [1.82, 2.24) is 9.80 Å². The van der Waals surface area contributed by atoms with Gasteiger partial charge < -0.3 is 15.2 Å². The number of likely N-dealkylation sites (N-methyl/N-ethyl adjacent to an activating group) is 1. The molecular weight excluding hydrogens is 358 g/mol. The van der Waals surface area contributed by atoms with E-state index in [4.69, 9.17) is 9.84 Å². The molecule has 1 aromatic rings. The Kier molecular flexibility index (Phi) is 8.84. The minimum absolute atomic E-state index is 0. The van der Waals surface area contributed by atoms with E-state index in [2.05, 4.69) is 10.2 Å². The van der Waals surface area contributed by atoms with Gasteiger partial charge in [0.2, 0.25) is 5.91 Å². The topological polar surface area (TPSA) is 82.1 Å². The Labute approximate surface area is 160 Å². The molecule has 0 aromatic heterocycles. The molecule has 7 nitrogen and oxygen atoms in total. The van der Waals surface area contributed by atoms with Gasteiger partial charge in [0, 0.05) is 24.8 Å². The Morgan fingerprint density at radius 2 is 1.88 bits per heavy atom. The van der Waals surface area contributed by atoms with Crippen LogP contribution < -0.4 is 10.1 Å². The summed E-state index contributed by atoms with van der Waals surface area (Å²) in [6, 6.07) is 7.28. The van der Waals surface area contributed by atoms with Gasteiger partial charge in [-0.2, -0.15) is 0 Å². The van der Waals surface area contributed by atoms with Crippen molar-refractivity contribution < 1.29 is 19.4 Å². The molecule has 1 heterocycles. The molecule has 0 spiro atoms. The molecule has 2 rings (SSSR count). The van der Waals surface area contributed by atoms with Crippen LogP contribution in [0.5, 0.6) is 5.75 Å². The molecule has 1 atom stereocenters. The second-order valence-electron chi connectivity index (χ2n) is 6.47. The van der Waals surface area contributed by atoms with E-state index >= 15 is 0 Å². The number of methoxy groups -OCH3 is 1. The maximum absolute atomic E-state index is 12.5. The third-order valence-electron chi connectivity index (χ3n) is 4.79. The Bertz CT molecular complexity index is 589. The van der Waals surface area contributed by atoms with E-state index in [1.165, 1.54) is 0 Å². The van der Waals surface area contributed by atoms with Crippen LogP contribution in [0.25, 0.3) is 0 Å². The fourth-order valence-electron chi connectivity index (χ4n) is 3.14. The third-order valence-corrected chi connectivity index (χ3v) is 4.79. The molecule has 26 heavy (non-hydrogen) atoms. The summed E-state index contributed by atoms with van der Waals surface area (Å²) in [6.45, 7) is 3.52. The molecule has 1 saturated heterocycles. The van der Waals surface area contributed by atoms with Crippen LogP contribution in [0.15, 0.2) is 24.3 Å². The number of ether oxygens (including phenoxy) is 1. The maximum atomic E-state index is 12.5. The zero-order valence-electron chi connectivity index (χ0n) is 15.5. The summed E-state index contributed by atoms with van der Waals surface area (Å²) < 4.78 is 5.11. The second-order valence-corrected chi connectivity index (χ2v) is 6.47. The second kappa shape index (κ2) is 10.4. The molecule has 1 aliphatic rings. The fourth-order valence-corrected chi connectivity index (χ4v) is 3.14. The van der Waals surface area contributed by atoms with Crippen LogP contribution in [-0.4, -0.2) is 72.7 Å². The molecule has 0 radical (unpaired) electrons. The molecule has 1 aliphatic heterocycles. The van der Waals surface area contributed by atoms with Crippen molar-refractivity contribution in [3.8, 4) is 5.75 Å². The van der Waals surface area contributed by atoms with Gasteiger partial charge in [-0.15, -0.1) is 12.4 Å². The molecule has 8 heteroatoms. The highest BCUT2D eigenvalue weighted by molar-refractivity contribution is 5.94. The summed E-state index contributed by atoms with van der Waals surface area (Å²) in [7, 11) is 3.45. The number of benzene rings is 1. The molecule has 0 bridgehead atoms. The number of likely N-dealkylation sites (tertiary alicyclic amines) is 1. The van der Waals surface area contributed by atoms with Crippen molar-refractivity contribution in [2.45, 2.75) is 31.8 Å². The number of carbonyl (C=O) groups is 2. The zero-order valence-corrected chi connectivity index (χ0v) is 16.3. The predicted molar refractivity (Wildman–Crippen MR) is 103 cm³/mol. The van der Waals surface area contributed by atoms with Gasteiger partial charge in [-0.25, -0.2) is 0 Å². The van der Waals surface area contributed by atoms with Crippen molar-refractivity contribution in [1.29, 1.82) is 0 Å². The Morgan fingerprint density at radius 3 is 2.38 bits per heavy atom. The first kappa shape index (κ1) is 22.2. The first-order valence-corrected chi connectivity index (χ1v) is 8.51. The number of rotatable bonds is 7. The smallest absolute Gasteiger partial charge is 0.317 e. The molecule has 1 amide bonds. The lowest BCUT2D eigenvalue weighted by molar-refractivity contribution is -0.138. The van der Waals surface area contributed by atoms with Crippen molar-refractivity contribution >= 4 is 30.0 Å².